The van der Waals surface area contributed by atoms with Crippen LogP contribution in [0.5, 0.6) is 0 Å². The van der Waals surface area contributed by atoms with Crippen LogP contribution in [0.2, 0.25) is 0 Å². The number of rotatable bonds is 4. The minimum atomic E-state index is -0.0430. The second-order valence-corrected chi connectivity index (χ2v) is 6.92. The highest BCUT2D eigenvalue weighted by atomic mass is 16.3. The zero-order valence-electron chi connectivity index (χ0n) is 13.8. The van der Waals surface area contributed by atoms with E-state index in [-0.39, 0.29) is 11.6 Å². The van der Waals surface area contributed by atoms with Crippen LogP contribution in [0.15, 0.2) is 39.9 Å². The first-order valence-electron chi connectivity index (χ1n) is 8.83. The molecule has 5 rings (SSSR count). The van der Waals surface area contributed by atoms with E-state index in [1.54, 1.807) is 23.2 Å². The van der Waals surface area contributed by atoms with Crippen molar-refractivity contribution in [1.29, 1.82) is 0 Å². The van der Waals surface area contributed by atoms with Gasteiger partial charge in [0.25, 0.3) is 5.56 Å². The Hall–Kier alpha value is -2.70. The van der Waals surface area contributed by atoms with Crippen molar-refractivity contribution in [3.05, 3.63) is 46.7 Å². The predicted octanol–water partition coefficient (Wildman–Crippen LogP) is 2.33. The molecule has 128 valence electrons. The Morgan fingerprint density at radius 2 is 2.12 bits per heavy atom. The predicted molar refractivity (Wildman–Crippen MR) is 92.6 cm³/mol. The Bertz CT molecular complexity index is 975. The van der Waals surface area contributed by atoms with Gasteiger partial charge >= 0.3 is 0 Å². The quantitative estimate of drug-likeness (QED) is 0.727. The third-order valence-corrected chi connectivity index (χ3v) is 5.16. The molecule has 1 aliphatic carbocycles. The highest BCUT2D eigenvalue weighted by Crippen LogP contribution is 2.38. The van der Waals surface area contributed by atoms with Crippen LogP contribution in [0.3, 0.4) is 0 Å². The van der Waals surface area contributed by atoms with Gasteiger partial charge in [-0.05, 0) is 37.8 Å². The van der Waals surface area contributed by atoms with Crippen LogP contribution in [0.1, 0.15) is 37.3 Å². The van der Waals surface area contributed by atoms with E-state index in [0.29, 0.717) is 12.5 Å². The third-order valence-electron chi connectivity index (χ3n) is 5.16. The van der Waals surface area contributed by atoms with Gasteiger partial charge in [-0.1, -0.05) is 0 Å². The monoisotopic (exact) mass is 337 g/mol. The summed E-state index contributed by atoms with van der Waals surface area (Å²) in [6.45, 7) is 1.45. The fraction of sp³-hybridized carbons (Fsp3) is 0.444. The zero-order chi connectivity index (χ0) is 16.8. The normalized spacial score (nSPS) is 20.5. The summed E-state index contributed by atoms with van der Waals surface area (Å²) in [4.78, 5) is 14.5. The first-order valence-corrected chi connectivity index (χ1v) is 8.83. The van der Waals surface area contributed by atoms with E-state index in [0.717, 1.165) is 41.9 Å². The number of hydrogen-bond donors (Lipinski definition) is 0. The molecule has 1 unspecified atom stereocenters. The van der Waals surface area contributed by atoms with Crippen molar-refractivity contribution < 1.29 is 4.42 Å². The van der Waals surface area contributed by atoms with Crippen molar-refractivity contribution >= 4 is 16.8 Å². The second-order valence-electron chi connectivity index (χ2n) is 6.92. The molecule has 2 aliphatic rings. The van der Waals surface area contributed by atoms with Crippen LogP contribution in [0.25, 0.3) is 11.0 Å². The molecular weight excluding hydrogens is 318 g/mol. The van der Waals surface area contributed by atoms with Crippen LogP contribution in [0.4, 0.5) is 5.82 Å². The standard InChI is InChI=1S/C18H19N5O2/c24-16-6-5-15(12-3-4-12)21-23(16)11-14-2-1-8-22(14)18-17-13(7-9-25-17)10-19-20-18/h5-7,9-10,12,14H,1-4,8,11H2. The Labute approximate surface area is 144 Å². The average Bonchev–Trinajstić information content (AvgIpc) is 3.18. The summed E-state index contributed by atoms with van der Waals surface area (Å²) >= 11 is 0. The molecule has 3 aromatic heterocycles. The maximum atomic E-state index is 12.3. The van der Waals surface area contributed by atoms with E-state index in [1.807, 2.05) is 12.1 Å². The lowest BCUT2D eigenvalue weighted by Gasteiger charge is -2.25. The van der Waals surface area contributed by atoms with Crippen molar-refractivity contribution in [3.63, 3.8) is 0 Å². The van der Waals surface area contributed by atoms with Gasteiger partial charge in [-0.2, -0.15) is 10.2 Å². The molecule has 25 heavy (non-hydrogen) atoms. The van der Waals surface area contributed by atoms with Gasteiger partial charge in [0.1, 0.15) is 0 Å². The summed E-state index contributed by atoms with van der Waals surface area (Å²) in [5, 5.41) is 13.9. The van der Waals surface area contributed by atoms with Gasteiger partial charge < -0.3 is 9.32 Å². The molecule has 1 saturated carbocycles. The number of aromatic nitrogens is 4. The number of hydrogen-bond acceptors (Lipinski definition) is 6. The van der Waals surface area contributed by atoms with Crippen molar-refractivity contribution in [3.8, 4) is 0 Å². The van der Waals surface area contributed by atoms with Gasteiger partial charge in [0.15, 0.2) is 11.4 Å². The number of furan rings is 1. The molecule has 1 atom stereocenters. The van der Waals surface area contributed by atoms with E-state index in [9.17, 15) is 4.79 Å². The molecule has 0 radical (unpaired) electrons. The lowest BCUT2D eigenvalue weighted by atomic mass is 10.2. The fourth-order valence-electron chi connectivity index (χ4n) is 3.68. The van der Waals surface area contributed by atoms with Gasteiger partial charge in [0.2, 0.25) is 0 Å². The number of fused-ring (bicyclic) bond motifs is 1. The van der Waals surface area contributed by atoms with Crippen molar-refractivity contribution in [1.82, 2.24) is 20.0 Å². The van der Waals surface area contributed by atoms with Gasteiger partial charge in [-0.25, -0.2) is 4.68 Å². The summed E-state index contributed by atoms with van der Waals surface area (Å²) in [5.74, 6) is 1.30. The maximum Gasteiger partial charge on any atom is 0.266 e. The van der Waals surface area contributed by atoms with E-state index in [1.165, 1.54) is 12.8 Å². The highest BCUT2D eigenvalue weighted by molar-refractivity contribution is 5.86. The molecule has 4 heterocycles. The summed E-state index contributed by atoms with van der Waals surface area (Å²) in [6, 6.07) is 5.58. The smallest absolute Gasteiger partial charge is 0.266 e. The first-order chi connectivity index (χ1) is 12.3. The van der Waals surface area contributed by atoms with Gasteiger partial charge in [-0.15, -0.1) is 5.10 Å². The molecule has 0 spiro atoms. The number of nitrogens with zero attached hydrogens (tertiary/aromatic N) is 5. The molecule has 3 aromatic rings. The first kappa shape index (κ1) is 14.6. The third kappa shape index (κ3) is 2.59. The Kier molecular flexibility index (Phi) is 3.33. The van der Waals surface area contributed by atoms with Crippen LogP contribution in [0, 0.1) is 0 Å². The number of anilines is 1. The Morgan fingerprint density at radius 3 is 3.00 bits per heavy atom. The lowest BCUT2D eigenvalue weighted by molar-refractivity contribution is 0.479. The lowest BCUT2D eigenvalue weighted by Crippen LogP contribution is -2.37. The highest BCUT2D eigenvalue weighted by Gasteiger charge is 2.30. The topological polar surface area (TPSA) is 77.1 Å². The zero-order valence-corrected chi connectivity index (χ0v) is 13.8. The van der Waals surface area contributed by atoms with E-state index in [2.05, 4.69) is 20.2 Å². The molecule has 0 N–H and O–H groups in total. The van der Waals surface area contributed by atoms with E-state index < -0.39 is 0 Å². The van der Waals surface area contributed by atoms with Crippen molar-refractivity contribution in [2.45, 2.75) is 44.2 Å². The summed E-state index contributed by atoms with van der Waals surface area (Å²) < 4.78 is 7.23. The van der Waals surface area contributed by atoms with Crippen LogP contribution >= 0.6 is 0 Å². The maximum absolute atomic E-state index is 12.3. The van der Waals surface area contributed by atoms with Crippen LogP contribution in [-0.2, 0) is 6.54 Å². The summed E-state index contributed by atoms with van der Waals surface area (Å²) in [6.07, 6.45) is 7.78. The molecule has 2 fully saturated rings. The molecule has 7 nitrogen and oxygen atoms in total. The van der Waals surface area contributed by atoms with Crippen LogP contribution < -0.4 is 10.5 Å². The van der Waals surface area contributed by atoms with E-state index in [4.69, 9.17) is 4.42 Å². The minimum absolute atomic E-state index is 0.0430. The minimum Gasteiger partial charge on any atom is -0.460 e. The second kappa shape index (κ2) is 5.68. The Morgan fingerprint density at radius 1 is 1.20 bits per heavy atom. The van der Waals surface area contributed by atoms with Gasteiger partial charge in [0, 0.05) is 23.9 Å². The molecular formula is C18H19N5O2. The van der Waals surface area contributed by atoms with Crippen molar-refractivity contribution in [2.75, 3.05) is 11.4 Å². The largest absolute Gasteiger partial charge is 0.460 e. The van der Waals surface area contributed by atoms with Gasteiger partial charge in [-0.3, -0.25) is 4.79 Å². The molecule has 7 heteroatoms. The average molecular weight is 337 g/mol. The summed E-state index contributed by atoms with van der Waals surface area (Å²) in [7, 11) is 0. The molecule has 0 aromatic carbocycles. The molecule has 1 saturated heterocycles. The van der Waals surface area contributed by atoms with E-state index >= 15 is 0 Å². The summed E-state index contributed by atoms with van der Waals surface area (Å²) in [5.41, 5.74) is 1.75. The van der Waals surface area contributed by atoms with Crippen molar-refractivity contribution in [2.24, 2.45) is 0 Å². The molecule has 1 aliphatic heterocycles. The molecule has 0 bridgehead atoms. The van der Waals surface area contributed by atoms with Crippen LogP contribution in [-0.4, -0.2) is 32.6 Å². The Balaban J connectivity index is 1.47. The molecule has 0 amide bonds. The van der Waals surface area contributed by atoms with Gasteiger partial charge in [0.05, 0.1) is 30.7 Å². The fourth-order valence-corrected chi connectivity index (χ4v) is 3.68. The SMILES string of the molecule is O=c1ccc(C2CC2)nn1CC1CCCN1c1nncc2ccoc12.